The SMILES string of the molecule is CCNCC1CCN(C(=O)c2ccccc2NC(=O)C(C)(C)C)CC1.Cl. The maximum absolute atomic E-state index is 12.9. The molecule has 1 heterocycles. The van der Waals surface area contributed by atoms with Crippen LogP contribution in [0.4, 0.5) is 5.69 Å². The number of halogens is 1. The van der Waals surface area contributed by atoms with Gasteiger partial charge in [0.15, 0.2) is 0 Å². The standard InChI is InChI=1S/C20H31N3O2.ClH/c1-5-21-14-15-10-12-23(13-11-15)18(24)16-8-6-7-9-17(16)22-19(25)20(2,3)4;/h6-9,15,21H,5,10-14H2,1-4H3,(H,22,25);1H. The first-order valence-electron chi connectivity index (χ1n) is 9.23. The Bertz CT molecular complexity index is 605. The molecule has 6 heteroatoms. The highest BCUT2D eigenvalue weighted by Crippen LogP contribution is 2.24. The zero-order valence-electron chi connectivity index (χ0n) is 16.3. The quantitative estimate of drug-likeness (QED) is 0.819. The van der Waals surface area contributed by atoms with Crippen molar-refractivity contribution < 1.29 is 9.59 Å². The second-order valence-corrected chi connectivity index (χ2v) is 7.79. The van der Waals surface area contributed by atoms with E-state index in [2.05, 4.69) is 17.6 Å². The first kappa shape index (κ1) is 22.5. The maximum Gasteiger partial charge on any atom is 0.255 e. The van der Waals surface area contributed by atoms with Gasteiger partial charge in [0, 0.05) is 18.5 Å². The molecule has 0 spiro atoms. The van der Waals surface area contributed by atoms with E-state index in [9.17, 15) is 9.59 Å². The van der Waals surface area contributed by atoms with Crippen LogP contribution in [0.25, 0.3) is 0 Å². The molecule has 0 saturated carbocycles. The number of benzene rings is 1. The lowest BCUT2D eigenvalue weighted by Gasteiger charge is -2.32. The topological polar surface area (TPSA) is 61.4 Å². The van der Waals surface area contributed by atoms with E-state index >= 15 is 0 Å². The summed E-state index contributed by atoms with van der Waals surface area (Å²) in [6.45, 7) is 11.3. The minimum absolute atomic E-state index is 0. The molecular formula is C20H32ClN3O2. The molecule has 1 saturated heterocycles. The van der Waals surface area contributed by atoms with Crippen molar-refractivity contribution >= 4 is 29.9 Å². The predicted molar refractivity (Wildman–Crippen MR) is 109 cm³/mol. The van der Waals surface area contributed by atoms with E-state index in [1.165, 1.54) is 0 Å². The van der Waals surface area contributed by atoms with Crippen molar-refractivity contribution in [2.24, 2.45) is 11.3 Å². The van der Waals surface area contributed by atoms with Crippen LogP contribution in [0.1, 0.15) is 50.9 Å². The summed E-state index contributed by atoms with van der Waals surface area (Å²) < 4.78 is 0. The van der Waals surface area contributed by atoms with Gasteiger partial charge < -0.3 is 15.5 Å². The summed E-state index contributed by atoms with van der Waals surface area (Å²) >= 11 is 0. The molecule has 0 bridgehead atoms. The maximum atomic E-state index is 12.9. The lowest BCUT2D eigenvalue weighted by molar-refractivity contribution is -0.123. The van der Waals surface area contributed by atoms with Crippen LogP contribution in [-0.4, -0.2) is 42.9 Å². The minimum Gasteiger partial charge on any atom is -0.339 e. The third kappa shape index (κ3) is 5.99. The number of nitrogens with zero attached hydrogens (tertiary/aromatic N) is 1. The van der Waals surface area contributed by atoms with Gasteiger partial charge in [-0.25, -0.2) is 0 Å². The number of carbonyl (C=O) groups is 2. The summed E-state index contributed by atoms with van der Waals surface area (Å²) in [5.41, 5.74) is 0.674. The Morgan fingerprint density at radius 2 is 1.77 bits per heavy atom. The fraction of sp³-hybridized carbons (Fsp3) is 0.600. The smallest absolute Gasteiger partial charge is 0.255 e. The summed E-state index contributed by atoms with van der Waals surface area (Å²) in [5, 5.41) is 6.30. The Labute approximate surface area is 163 Å². The van der Waals surface area contributed by atoms with E-state index in [-0.39, 0.29) is 24.2 Å². The van der Waals surface area contributed by atoms with Crippen molar-refractivity contribution in [2.75, 3.05) is 31.5 Å². The van der Waals surface area contributed by atoms with Gasteiger partial charge in [0.25, 0.3) is 5.91 Å². The Morgan fingerprint density at radius 3 is 2.35 bits per heavy atom. The van der Waals surface area contributed by atoms with Gasteiger partial charge in [-0.05, 0) is 44.0 Å². The molecule has 5 nitrogen and oxygen atoms in total. The van der Waals surface area contributed by atoms with Gasteiger partial charge >= 0.3 is 0 Å². The van der Waals surface area contributed by atoms with E-state index in [0.717, 1.165) is 39.0 Å². The molecule has 1 fully saturated rings. The van der Waals surface area contributed by atoms with Crippen LogP contribution in [0, 0.1) is 11.3 Å². The lowest BCUT2D eigenvalue weighted by atomic mass is 9.95. The number of hydrogen-bond donors (Lipinski definition) is 2. The van der Waals surface area contributed by atoms with Crippen molar-refractivity contribution in [1.29, 1.82) is 0 Å². The van der Waals surface area contributed by atoms with Crippen molar-refractivity contribution in [3.63, 3.8) is 0 Å². The fourth-order valence-corrected chi connectivity index (χ4v) is 2.95. The monoisotopic (exact) mass is 381 g/mol. The number of carbonyl (C=O) groups excluding carboxylic acids is 2. The number of hydrogen-bond acceptors (Lipinski definition) is 3. The zero-order valence-corrected chi connectivity index (χ0v) is 17.1. The van der Waals surface area contributed by atoms with E-state index < -0.39 is 5.41 Å². The predicted octanol–water partition coefficient (Wildman–Crippen LogP) is 3.55. The Kier molecular flexibility index (Phi) is 8.57. The van der Waals surface area contributed by atoms with Gasteiger partial charge in [-0.1, -0.05) is 39.8 Å². The third-order valence-electron chi connectivity index (χ3n) is 4.67. The van der Waals surface area contributed by atoms with Crippen LogP contribution in [0.15, 0.2) is 24.3 Å². The molecule has 0 aromatic heterocycles. The lowest BCUT2D eigenvalue weighted by Crippen LogP contribution is -2.41. The first-order chi connectivity index (χ1) is 11.8. The number of rotatable bonds is 5. The van der Waals surface area contributed by atoms with Gasteiger partial charge in [-0.3, -0.25) is 9.59 Å². The number of anilines is 1. The van der Waals surface area contributed by atoms with Crippen LogP contribution in [0.2, 0.25) is 0 Å². The number of amides is 2. The summed E-state index contributed by atoms with van der Waals surface area (Å²) in [7, 11) is 0. The Morgan fingerprint density at radius 1 is 1.15 bits per heavy atom. The van der Waals surface area contributed by atoms with Crippen molar-refractivity contribution in [3.05, 3.63) is 29.8 Å². The van der Waals surface area contributed by atoms with Crippen molar-refractivity contribution in [1.82, 2.24) is 10.2 Å². The van der Waals surface area contributed by atoms with E-state index in [1.54, 1.807) is 12.1 Å². The molecule has 1 aliphatic rings. The number of nitrogens with one attached hydrogen (secondary N) is 2. The number of para-hydroxylation sites is 1. The van der Waals surface area contributed by atoms with E-state index in [1.807, 2.05) is 37.8 Å². The van der Waals surface area contributed by atoms with Crippen molar-refractivity contribution in [3.8, 4) is 0 Å². The molecule has 0 unspecified atom stereocenters. The average molecular weight is 382 g/mol. The highest BCUT2D eigenvalue weighted by Gasteiger charge is 2.27. The Balaban J connectivity index is 0.00000338. The van der Waals surface area contributed by atoms with Gasteiger partial charge in [0.05, 0.1) is 11.3 Å². The first-order valence-corrected chi connectivity index (χ1v) is 9.23. The second-order valence-electron chi connectivity index (χ2n) is 7.79. The van der Waals surface area contributed by atoms with Gasteiger partial charge in [0.1, 0.15) is 0 Å². The second kappa shape index (κ2) is 9.93. The van der Waals surface area contributed by atoms with Crippen LogP contribution in [0.3, 0.4) is 0 Å². The molecule has 0 radical (unpaired) electrons. The molecule has 0 atom stereocenters. The molecule has 2 N–H and O–H groups in total. The molecule has 1 aromatic rings. The third-order valence-corrected chi connectivity index (χ3v) is 4.67. The molecule has 1 aliphatic heterocycles. The number of piperidine rings is 1. The van der Waals surface area contributed by atoms with Crippen LogP contribution in [-0.2, 0) is 4.79 Å². The summed E-state index contributed by atoms with van der Waals surface area (Å²) in [6.07, 6.45) is 2.05. The normalized spacial score (nSPS) is 15.3. The highest BCUT2D eigenvalue weighted by molar-refractivity contribution is 6.04. The largest absolute Gasteiger partial charge is 0.339 e. The molecule has 1 aromatic carbocycles. The van der Waals surface area contributed by atoms with Crippen LogP contribution < -0.4 is 10.6 Å². The summed E-state index contributed by atoms with van der Waals surface area (Å²) in [6, 6.07) is 7.29. The van der Waals surface area contributed by atoms with Crippen LogP contribution in [0.5, 0.6) is 0 Å². The van der Waals surface area contributed by atoms with Gasteiger partial charge in [-0.15, -0.1) is 12.4 Å². The summed E-state index contributed by atoms with van der Waals surface area (Å²) in [4.78, 5) is 27.1. The van der Waals surface area contributed by atoms with Gasteiger partial charge in [0.2, 0.25) is 5.91 Å². The Hall–Kier alpha value is -1.59. The molecule has 2 rings (SSSR count). The summed E-state index contributed by atoms with van der Waals surface area (Å²) in [5.74, 6) is 0.559. The van der Waals surface area contributed by atoms with Gasteiger partial charge in [-0.2, -0.15) is 0 Å². The van der Waals surface area contributed by atoms with E-state index in [4.69, 9.17) is 0 Å². The van der Waals surface area contributed by atoms with Crippen LogP contribution >= 0.6 is 12.4 Å². The molecule has 26 heavy (non-hydrogen) atoms. The molecule has 2 amide bonds. The zero-order chi connectivity index (χ0) is 18.4. The molecular weight excluding hydrogens is 350 g/mol. The highest BCUT2D eigenvalue weighted by atomic mass is 35.5. The molecule has 146 valence electrons. The number of likely N-dealkylation sites (tertiary alicyclic amines) is 1. The fourth-order valence-electron chi connectivity index (χ4n) is 2.95. The van der Waals surface area contributed by atoms with E-state index in [0.29, 0.717) is 17.2 Å². The minimum atomic E-state index is -0.499. The average Bonchev–Trinajstić information content (AvgIpc) is 2.59. The van der Waals surface area contributed by atoms with Crippen molar-refractivity contribution in [2.45, 2.75) is 40.5 Å². The molecule has 0 aliphatic carbocycles.